The molecule has 0 heterocycles. The van der Waals surface area contributed by atoms with Crippen molar-refractivity contribution < 1.29 is 19.5 Å². The minimum absolute atomic E-state index is 0.0886. The molecule has 1 aliphatic carbocycles. The topological polar surface area (TPSA) is 95.5 Å². The van der Waals surface area contributed by atoms with Crippen molar-refractivity contribution in [3.8, 4) is 0 Å². The number of rotatable bonds is 7. The molecule has 6 heteroatoms. The number of aliphatic carboxylic acids is 1. The van der Waals surface area contributed by atoms with Gasteiger partial charge in [0.2, 0.25) is 5.91 Å². The lowest BCUT2D eigenvalue weighted by molar-refractivity contribution is -0.131. The Morgan fingerprint density at radius 1 is 0.871 bits per heavy atom. The predicted molar refractivity (Wildman–Crippen MR) is 121 cm³/mol. The van der Waals surface area contributed by atoms with Crippen LogP contribution in [0.1, 0.15) is 43.2 Å². The summed E-state index contributed by atoms with van der Waals surface area (Å²) in [6.45, 7) is 0. The second kappa shape index (κ2) is 10.9. The molecule has 0 aliphatic heterocycles. The van der Waals surface area contributed by atoms with Gasteiger partial charge < -0.3 is 15.7 Å². The van der Waals surface area contributed by atoms with Gasteiger partial charge in [-0.15, -0.1) is 0 Å². The van der Waals surface area contributed by atoms with Gasteiger partial charge in [0, 0.05) is 29.5 Å². The third-order valence-electron chi connectivity index (χ3n) is 5.14. The number of carbonyl (C=O) groups excluding carboxylic acids is 2. The van der Waals surface area contributed by atoms with Gasteiger partial charge in [-0.05, 0) is 42.2 Å². The number of hydrogen-bond donors (Lipinski definition) is 3. The Kier molecular flexibility index (Phi) is 7.76. The molecule has 3 N–H and O–H groups in total. The fourth-order valence-electron chi connectivity index (χ4n) is 3.57. The molecule has 3 rings (SSSR count). The van der Waals surface area contributed by atoms with Crippen LogP contribution in [0.2, 0.25) is 0 Å². The van der Waals surface area contributed by atoms with Crippen LogP contribution >= 0.6 is 0 Å². The van der Waals surface area contributed by atoms with Crippen LogP contribution in [0.3, 0.4) is 0 Å². The first-order valence-electron chi connectivity index (χ1n) is 10.4. The summed E-state index contributed by atoms with van der Waals surface area (Å²) in [5, 5.41) is 14.4. The van der Waals surface area contributed by atoms with Gasteiger partial charge in [-0.25, -0.2) is 4.79 Å². The van der Waals surface area contributed by atoms with Crippen LogP contribution < -0.4 is 10.6 Å². The predicted octanol–water partition coefficient (Wildman–Crippen LogP) is 4.26. The molecular weight excluding hydrogens is 392 g/mol. The van der Waals surface area contributed by atoms with Crippen molar-refractivity contribution in [1.82, 2.24) is 5.32 Å². The molecule has 0 radical (unpaired) electrons. The SMILES string of the molecule is O=C(O)C=CC(=O)Nc1ccc(C=C(C(=O)NC2CCCCC2)c2ccccc2)cc1. The van der Waals surface area contributed by atoms with E-state index in [1.165, 1.54) is 6.42 Å². The largest absolute Gasteiger partial charge is 0.478 e. The van der Waals surface area contributed by atoms with E-state index in [1.807, 2.05) is 36.4 Å². The molecule has 1 fully saturated rings. The quantitative estimate of drug-likeness (QED) is 0.463. The molecule has 0 unspecified atom stereocenters. The van der Waals surface area contributed by atoms with E-state index in [9.17, 15) is 14.4 Å². The average molecular weight is 418 g/mol. The van der Waals surface area contributed by atoms with E-state index in [1.54, 1.807) is 24.3 Å². The van der Waals surface area contributed by atoms with Gasteiger partial charge in [-0.1, -0.05) is 61.7 Å². The summed E-state index contributed by atoms with van der Waals surface area (Å²) >= 11 is 0. The Balaban J connectivity index is 1.77. The van der Waals surface area contributed by atoms with E-state index in [-0.39, 0.29) is 11.9 Å². The number of hydrogen-bond acceptors (Lipinski definition) is 3. The zero-order chi connectivity index (χ0) is 22.1. The van der Waals surface area contributed by atoms with Crippen molar-refractivity contribution in [2.24, 2.45) is 0 Å². The van der Waals surface area contributed by atoms with Crippen molar-refractivity contribution in [2.45, 2.75) is 38.1 Å². The summed E-state index contributed by atoms with van der Waals surface area (Å²) in [7, 11) is 0. The Labute approximate surface area is 181 Å². The number of carbonyl (C=O) groups is 3. The third kappa shape index (κ3) is 6.96. The number of anilines is 1. The molecule has 0 aromatic heterocycles. The molecular formula is C25H26N2O4. The highest BCUT2D eigenvalue weighted by Gasteiger charge is 2.19. The molecule has 2 amide bonds. The fourth-order valence-corrected chi connectivity index (χ4v) is 3.57. The van der Waals surface area contributed by atoms with Crippen LogP contribution in [0.4, 0.5) is 5.69 Å². The van der Waals surface area contributed by atoms with Crippen LogP contribution in [0.25, 0.3) is 11.6 Å². The van der Waals surface area contributed by atoms with Crippen molar-refractivity contribution >= 4 is 35.1 Å². The number of nitrogens with one attached hydrogen (secondary N) is 2. The van der Waals surface area contributed by atoms with Crippen molar-refractivity contribution in [2.75, 3.05) is 5.32 Å². The van der Waals surface area contributed by atoms with Crippen molar-refractivity contribution in [3.63, 3.8) is 0 Å². The Morgan fingerprint density at radius 2 is 1.55 bits per heavy atom. The maximum absolute atomic E-state index is 13.1. The molecule has 1 aliphatic rings. The van der Waals surface area contributed by atoms with Crippen LogP contribution in [-0.4, -0.2) is 28.9 Å². The summed E-state index contributed by atoms with van der Waals surface area (Å²) in [6.07, 6.45) is 9.11. The third-order valence-corrected chi connectivity index (χ3v) is 5.14. The first kappa shape index (κ1) is 22.0. The zero-order valence-electron chi connectivity index (χ0n) is 17.2. The highest BCUT2D eigenvalue weighted by Crippen LogP contribution is 2.22. The minimum atomic E-state index is -1.18. The normalized spacial score (nSPS) is 14.9. The lowest BCUT2D eigenvalue weighted by atomic mass is 9.94. The van der Waals surface area contributed by atoms with Gasteiger partial charge in [0.1, 0.15) is 0 Å². The molecule has 0 bridgehead atoms. The first-order chi connectivity index (χ1) is 15.0. The maximum atomic E-state index is 13.1. The smallest absolute Gasteiger partial charge is 0.328 e. The Morgan fingerprint density at radius 3 is 2.19 bits per heavy atom. The van der Waals surface area contributed by atoms with Crippen molar-refractivity contribution in [1.29, 1.82) is 0 Å². The minimum Gasteiger partial charge on any atom is -0.478 e. The van der Waals surface area contributed by atoms with Gasteiger partial charge in [0.15, 0.2) is 0 Å². The highest BCUT2D eigenvalue weighted by molar-refractivity contribution is 6.24. The lowest BCUT2D eigenvalue weighted by Crippen LogP contribution is -2.36. The van der Waals surface area contributed by atoms with E-state index in [0.29, 0.717) is 11.3 Å². The highest BCUT2D eigenvalue weighted by atomic mass is 16.4. The number of carboxylic acid groups (broad SMARTS) is 1. The Hall–Kier alpha value is -3.67. The summed E-state index contributed by atoms with van der Waals surface area (Å²) in [4.78, 5) is 35.3. The average Bonchev–Trinajstić information content (AvgIpc) is 2.78. The van der Waals surface area contributed by atoms with Gasteiger partial charge in [0.25, 0.3) is 5.91 Å². The maximum Gasteiger partial charge on any atom is 0.328 e. The lowest BCUT2D eigenvalue weighted by Gasteiger charge is -2.23. The molecule has 31 heavy (non-hydrogen) atoms. The summed E-state index contributed by atoms with van der Waals surface area (Å²) < 4.78 is 0. The van der Waals surface area contributed by atoms with Gasteiger partial charge in [-0.3, -0.25) is 9.59 Å². The second-order valence-corrected chi connectivity index (χ2v) is 7.52. The van der Waals surface area contributed by atoms with E-state index in [2.05, 4.69) is 10.6 Å². The Bertz CT molecular complexity index is 972. The molecule has 0 atom stereocenters. The molecule has 2 aromatic carbocycles. The fraction of sp³-hybridized carbons (Fsp3) is 0.240. The molecule has 0 spiro atoms. The van der Waals surface area contributed by atoms with Crippen LogP contribution in [0.15, 0.2) is 66.7 Å². The first-order valence-corrected chi connectivity index (χ1v) is 10.4. The van der Waals surface area contributed by atoms with Gasteiger partial charge in [-0.2, -0.15) is 0 Å². The van der Waals surface area contributed by atoms with Crippen LogP contribution in [0.5, 0.6) is 0 Å². The number of carboxylic acids is 1. The monoisotopic (exact) mass is 418 g/mol. The summed E-state index contributed by atoms with van der Waals surface area (Å²) in [5.74, 6) is -1.80. The molecule has 0 saturated heterocycles. The van der Waals surface area contributed by atoms with E-state index < -0.39 is 11.9 Å². The number of benzene rings is 2. The zero-order valence-corrected chi connectivity index (χ0v) is 17.2. The van der Waals surface area contributed by atoms with Crippen LogP contribution in [0, 0.1) is 0 Å². The molecule has 6 nitrogen and oxygen atoms in total. The number of amides is 2. The molecule has 2 aromatic rings. The summed E-state index contributed by atoms with van der Waals surface area (Å²) in [5.41, 5.74) is 2.78. The standard InChI is InChI=1S/C25H26N2O4/c28-23(15-16-24(29)30)26-21-13-11-18(12-14-21)17-22(19-7-3-1-4-8-19)25(31)27-20-9-5-2-6-10-20/h1,3-4,7-8,11-17,20H,2,5-6,9-10H2,(H,26,28)(H,27,31)(H,29,30). The molecule has 1 saturated carbocycles. The van der Waals surface area contributed by atoms with E-state index in [0.717, 1.165) is 49.0 Å². The second-order valence-electron chi connectivity index (χ2n) is 7.52. The van der Waals surface area contributed by atoms with Crippen LogP contribution in [-0.2, 0) is 14.4 Å². The van der Waals surface area contributed by atoms with Gasteiger partial charge in [0.05, 0.1) is 0 Å². The molecule has 160 valence electrons. The van der Waals surface area contributed by atoms with Crippen molar-refractivity contribution in [3.05, 3.63) is 77.9 Å². The summed E-state index contributed by atoms with van der Waals surface area (Å²) in [6, 6.07) is 16.8. The van der Waals surface area contributed by atoms with E-state index >= 15 is 0 Å². The van der Waals surface area contributed by atoms with Gasteiger partial charge >= 0.3 is 5.97 Å². The van der Waals surface area contributed by atoms with E-state index in [4.69, 9.17) is 5.11 Å².